The van der Waals surface area contributed by atoms with E-state index in [1.54, 1.807) is 0 Å². The molecular weight excluding hydrogens is 258 g/mol. The van der Waals surface area contributed by atoms with Crippen LogP contribution in [0, 0.1) is 0 Å². The SMILES string of the molecule is CC1Cc2cc(C(N)C(C)(C)c3ccccc3)ccc2O1. The third-order valence-electron chi connectivity index (χ3n) is 4.57. The van der Waals surface area contributed by atoms with Crippen molar-refractivity contribution in [2.45, 2.75) is 44.8 Å². The molecule has 110 valence electrons. The number of rotatable bonds is 3. The third-order valence-corrected chi connectivity index (χ3v) is 4.57. The van der Waals surface area contributed by atoms with E-state index in [9.17, 15) is 0 Å². The first-order valence-electron chi connectivity index (χ1n) is 7.59. The molecule has 3 rings (SSSR count). The second kappa shape index (κ2) is 5.19. The Labute approximate surface area is 126 Å². The summed E-state index contributed by atoms with van der Waals surface area (Å²) in [5.41, 5.74) is 10.2. The molecule has 1 heterocycles. The van der Waals surface area contributed by atoms with Crippen LogP contribution in [0.5, 0.6) is 5.75 Å². The van der Waals surface area contributed by atoms with Crippen molar-refractivity contribution in [3.05, 3.63) is 65.2 Å². The molecule has 2 atom stereocenters. The van der Waals surface area contributed by atoms with E-state index >= 15 is 0 Å². The van der Waals surface area contributed by atoms with Gasteiger partial charge in [0.15, 0.2) is 0 Å². The Kier molecular flexibility index (Phi) is 3.50. The molecule has 1 aliphatic rings. The molecule has 0 aliphatic carbocycles. The van der Waals surface area contributed by atoms with Crippen LogP contribution < -0.4 is 10.5 Å². The number of benzene rings is 2. The average Bonchev–Trinajstić information content (AvgIpc) is 2.86. The lowest BCUT2D eigenvalue weighted by molar-refractivity contribution is 0.254. The molecule has 1 aliphatic heterocycles. The summed E-state index contributed by atoms with van der Waals surface area (Å²) in [5, 5.41) is 0. The molecule has 0 radical (unpaired) electrons. The summed E-state index contributed by atoms with van der Waals surface area (Å²) in [6.45, 7) is 6.52. The van der Waals surface area contributed by atoms with E-state index in [1.807, 2.05) is 6.07 Å². The van der Waals surface area contributed by atoms with E-state index in [2.05, 4.69) is 63.2 Å². The minimum absolute atomic E-state index is 0.0406. The Bertz CT molecular complexity index is 633. The van der Waals surface area contributed by atoms with Crippen molar-refractivity contribution in [1.29, 1.82) is 0 Å². The highest BCUT2D eigenvalue weighted by atomic mass is 16.5. The van der Waals surface area contributed by atoms with Crippen molar-refractivity contribution < 1.29 is 4.74 Å². The maximum absolute atomic E-state index is 6.59. The highest BCUT2D eigenvalue weighted by molar-refractivity contribution is 5.43. The molecule has 0 aromatic heterocycles. The Morgan fingerprint density at radius 2 is 1.86 bits per heavy atom. The van der Waals surface area contributed by atoms with Crippen LogP contribution in [0.4, 0.5) is 0 Å². The van der Waals surface area contributed by atoms with Gasteiger partial charge in [-0.25, -0.2) is 0 Å². The lowest BCUT2D eigenvalue weighted by Crippen LogP contribution is -2.33. The number of nitrogens with two attached hydrogens (primary N) is 1. The highest BCUT2D eigenvalue weighted by Gasteiger charge is 2.30. The predicted octanol–water partition coefficient (Wildman–Crippen LogP) is 3.99. The minimum atomic E-state index is -0.111. The summed E-state index contributed by atoms with van der Waals surface area (Å²) in [6, 6.07) is 16.8. The summed E-state index contributed by atoms with van der Waals surface area (Å²) in [5.74, 6) is 1.01. The molecule has 0 fully saturated rings. The van der Waals surface area contributed by atoms with Crippen molar-refractivity contribution in [2.75, 3.05) is 0 Å². The first kappa shape index (κ1) is 14.2. The van der Waals surface area contributed by atoms with Crippen LogP contribution in [0.3, 0.4) is 0 Å². The second-order valence-corrected chi connectivity index (χ2v) is 6.57. The van der Waals surface area contributed by atoms with Gasteiger partial charge in [0.25, 0.3) is 0 Å². The van der Waals surface area contributed by atoms with Gasteiger partial charge in [-0.15, -0.1) is 0 Å². The quantitative estimate of drug-likeness (QED) is 0.923. The molecule has 2 aromatic rings. The van der Waals surface area contributed by atoms with Crippen LogP contribution in [0.2, 0.25) is 0 Å². The number of hydrogen-bond acceptors (Lipinski definition) is 2. The normalized spacial score (nSPS) is 19.0. The second-order valence-electron chi connectivity index (χ2n) is 6.57. The first-order chi connectivity index (χ1) is 9.98. The Morgan fingerprint density at radius 3 is 2.57 bits per heavy atom. The molecular formula is C19H23NO. The van der Waals surface area contributed by atoms with Crippen molar-refractivity contribution in [2.24, 2.45) is 5.73 Å². The van der Waals surface area contributed by atoms with Gasteiger partial charge >= 0.3 is 0 Å². The fourth-order valence-electron chi connectivity index (χ4n) is 3.10. The molecule has 0 spiro atoms. The topological polar surface area (TPSA) is 35.2 Å². The average molecular weight is 281 g/mol. The van der Waals surface area contributed by atoms with Crippen molar-refractivity contribution >= 4 is 0 Å². The zero-order valence-corrected chi connectivity index (χ0v) is 13.0. The molecule has 0 saturated heterocycles. The van der Waals surface area contributed by atoms with Gasteiger partial charge in [-0.05, 0) is 29.7 Å². The molecule has 2 nitrogen and oxygen atoms in total. The van der Waals surface area contributed by atoms with Gasteiger partial charge in [0, 0.05) is 17.9 Å². The molecule has 0 bridgehead atoms. The van der Waals surface area contributed by atoms with E-state index in [1.165, 1.54) is 16.7 Å². The number of ether oxygens (including phenoxy) is 1. The number of hydrogen-bond donors (Lipinski definition) is 1. The van der Waals surface area contributed by atoms with Gasteiger partial charge in [0.2, 0.25) is 0 Å². The lowest BCUT2D eigenvalue weighted by atomic mass is 9.75. The monoisotopic (exact) mass is 281 g/mol. The zero-order valence-electron chi connectivity index (χ0n) is 13.0. The summed E-state index contributed by atoms with van der Waals surface area (Å²) in [7, 11) is 0. The van der Waals surface area contributed by atoms with Crippen LogP contribution >= 0.6 is 0 Å². The van der Waals surface area contributed by atoms with Crippen LogP contribution in [0.1, 0.15) is 43.5 Å². The van der Waals surface area contributed by atoms with Gasteiger partial charge in [0.05, 0.1) is 0 Å². The Hall–Kier alpha value is -1.80. The maximum atomic E-state index is 6.59. The molecule has 2 aromatic carbocycles. The van der Waals surface area contributed by atoms with E-state index in [4.69, 9.17) is 10.5 Å². The first-order valence-corrected chi connectivity index (χ1v) is 7.59. The van der Waals surface area contributed by atoms with Crippen molar-refractivity contribution in [3.63, 3.8) is 0 Å². The van der Waals surface area contributed by atoms with Crippen LogP contribution in [-0.4, -0.2) is 6.10 Å². The van der Waals surface area contributed by atoms with E-state index < -0.39 is 0 Å². The molecule has 2 unspecified atom stereocenters. The third kappa shape index (κ3) is 2.56. The predicted molar refractivity (Wildman–Crippen MR) is 86.6 cm³/mol. The summed E-state index contributed by atoms with van der Waals surface area (Å²) in [4.78, 5) is 0. The van der Waals surface area contributed by atoms with Gasteiger partial charge in [-0.2, -0.15) is 0 Å². The molecule has 2 heteroatoms. The zero-order chi connectivity index (χ0) is 15.0. The van der Waals surface area contributed by atoms with E-state index in [0.29, 0.717) is 0 Å². The van der Waals surface area contributed by atoms with E-state index in [0.717, 1.165) is 12.2 Å². The highest BCUT2D eigenvalue weighted by Crippen LogP contribution is 2.38. The van der Waals surface area contributed by atoms with Gasteiger partial charge in [-0.1, -0.05) is 56.3 Å². The summed E-state index contributed by atoms with van der Waals surface area (Å²) in [6.07, 6.45) is 1.25. The van der Waals surface area contributed by atoms with Gasteiger partial charge in [-0.3, -0.25) is 0 Å². The van der Waals surface area contributed by atoms with Crippen molar-refractivity contribution in [1.82, 2.24) is 0 Å². The van der Waals surface area contributed by atoms with Crippen LogP contribution in [0.25, 0.3) is 0 Å². The molecule has 0 amide bonds. The summed E-state index contributed by atoms with van der Waals surface area (Å²) < 4.78 is 5.77. The van der Waals surface area contributed by atoms with E-state index in [-0.39, 0.29) is 17.6 Å². The van der Waals surface area contributed by atoms with Gasteiger partial charge < -0.3 is 10.5 Å². The fraction of sp³-hybridized carbons (Fsp3) is 0.368. The van der Waals surface area contributed by atoms with Crippen LogP contribution in [-0.2, 0) is 11.8 Å². The van der Waals surface area contributed by atoms with Crippen molar-refractivity contribution in [3.8, 4) is 5.75 Å². The summed E-state index contributed by atoms with van der Waals surface area (Å²) >= 11 is 0. The van der Waals surface area contributed by atoms with Crippen LogP contribution in [0.15, 0.2) is 48.5 Å². The Balaban J connectivity index is 1.92. The molecule has 0 saturated carbocycles. The lowest BCUT2D eigenvalue weighted by Gasteiger charge is -2.32. The molecule has 21 heavy (non-hydrogen) atoms. The fourth-order valence-corrected chi connectivity index (χ4v) is 3.10. The standard InChI is InChI=1S/C19H23NO/c1-13-11-15-12-14(9-10-17(15)21-13)18(20)19(2,3)16-7-5-4-6-8-16/h4-10,12-13,18H,11,20H2,1-3H3. The largest absolute Gasteiger partial charge is 0.490 e. The minimum Gasteiger partial charge on any atom is -0.490 e. The molecule has 2 N–H and O–H groups in total. The van der Waals surface area contributed by atoms with Gasteiger partial charge in [0.1, 0.15) is 11.9 Å². The maximum Gasteiger partial charge on any atom is 0.123 e. The smallest absolute Gasteiger partial charge is 0.123 e. The Morgan fingerprint density at radius 1 is 1.14 bits per heavy atom. The number of fused-ring (bicyclic) bond motifs is 1.